The summed E-state index contributed by atoms with van der Waals surface area (Å²) in [4.78, 5) is 25.3. The first-order valence-electron chi connectivity index (χ1n) is 6.81. The number of aliphatic carboxylic acids is 1. The summed E-state index contributed by atoms with van der Waals surface area (Å²) < 4.78 is 10.4. The van der Waals surface area contributed by atoms with Gasteiger partial charge in [-0.25, -0.2) is 0 Å². The van der Waals surface area contributed by atoms with E-state index in [1.54, 1.807) is 23.1 Å². The van der Waals surface area contributed by atoms with E-state index in [-0.39, 0.29) is 12.5 Å². The maximum Gasteiger partial charge on any atom is 0.308 e. The van der Waals surface area contributed by atoms with Gasteiger partial charge in [0.1, 0.15) is 0 Å². The Hall–Kier alpha value is -2.24. The van der Waals surface area contributed by atoms with Crippen molar-refractivity contribution in [2.24, 2.45) is 5.92 Å². The largest absolute Gasteiger partial charge is 0.493 e. The van der Waals surface area contributed by atoms with Crippen molar-refractivity contribution in [1.82, 2.24) is 4.90 Å². The third kappa shape index (κ3) is 3.09. The fourth-order valence-electron chi connectivity index (χ4n) is 2.59. The molecule has 1 amide bonds. The van der Waals surface area contributed by atoms with Crippen LogP contribution in [0.3, 0.4) is 0 Å². The molecule has 1 aliphatic rings. The Balaban J connectivity index is 2.25. The Bertz CT molecular complexity index is 543. The number of hydrogen-bond donors (Lipinski definition) is 1. The Kier molecular flexibility index (Phi) is 4.67. The van der Waals surface area contributed by atoms with Gasteiger partial charge in [0.05, 0.1) is 25.7 Å². The highest BCUT2D eigenvalue weighted by molar-refractivity contribution is 5.98. The molecule has 1 atom stereocenters. The number of likely N-dealkylation sites (tertiary alicyclic amines) is 1. The SMILES string of the molecule is COc1cccc(C(=O)N2CCC[C@@H](C(=O)O)C2)c1OC. The van der Waals surface area contributed by atoms with Gasteiger partial charge in [-0.3, -0.25) is 9.59 Å². The number of para-hydroxylation sites is 1. The monoisotopic (exact) mass is 293 g/mol. The van der Waals surface area contributed by atoms with Crippen molar-refractivity contribution in [3.05, 3.63) is 23.8 Å². The van der Waals surface area contributed by atoms with Gasteiger partial charge in [0.2, 0.25) is 0 Å². The lowest BCUT2D eigenvalue weighted by molar-refractivity contribution is -0.143. The fourth-order valence-corrected chi connectivity index (χ4v) is 2.59. The van der Waals surface area contributed by atoms with Gasteiger partial charge in [-0.2, -0.15) is 0 Å². The number of ether oxygens (including phenoxy) is 2. The standard InChI is InChI=1S/C15H19NO5/c1-20-12-7-3-6-11(13(12)21-2)14(17)16-8-4-5-10(9-16)15(18)19/h3,6-7,10H,4-5,8-9H2,1-2H3,(H,18,19)/t10-/m1/s1. The van der Waals surface area contributed by atoms with Crippen LogP contribution in [0.4, 0.5) is 0 Å². The zero-order chi connectivity index (χ0) is 15.4. The van der Waals surface area contributed by atoms with E-state index in [2.05, 4.69) is 0 Å². The maximum absolute atomic E-state index is 12.6. The number of nitrogens with zero attached hydrogens (tertiary/aromatic N) is 1. The van der Waals surface area contributed by atoms with Crippen LogP contribution in [0.15, 0.2) is 18.2 Å². The first-order chi connectivity index (χ1) is 10.1. The van der Waals surface area contributed by atoms with Crippen LogP contribution in [0, 0.1) is 5.92 Å². The van der Waals surface area contributed by atoms with Crippen LogP contribution in [-0.2, 0) is 4.79 Å². The van der Waals surface area contributed by atoms with E-state index in [9.17, 15) is 9.59 Å². The maximum atomic E-state index is 12.6. The molecule has 1 aromatic carbocycles. The molecular formula is C15H19NO5. The predicted molar refractivity (Wildman–Crippen MR) is 75.8 cm³/mol. The molecule has 1 N–H and O–H groups in total. The average Bonchev–Trinajstić information content (AvgIpc) is 2.53. The van der Waals surface area contributed by atoms with E-state index < -0.39 is 11.9 Å². The molecule has 6 heteroatoms. The Morgan fingerprint density at radius 2 is 2.05 bits per heavy atom. The first kappa shape index (κ1) is 15.2. The average molecular weight is 293 g/mol. The molecule has 114 valence electrons. The highest BCUT2D eigenvalue weighted by Crippen LogP contribution is 2.32. The van der Waals surface area contributed by atoms with Crippen LogP contribution in [0.25, 0.3) is 0 Å². The van der Waals surface area contributed by atoms with Gasteiger partial charge >= 0.3 is 5.97 Å². The van der Waals surface area contributed by atoms with Crippen LogP contribution in [0.1, 0.15) is 23.2 Å². The molecule has 1 aliphatic heterocycles. The Labute approximate surface area is 123 Å². The number of amides is 1. The lowest BCUT2D eigenvalue weighted by Gasteiger charge is -2.31. The molecule has 6 nitrogen and oxygen atoms in total. The summed E-state index contributed by atoms with van der Waals surface area (Å²) in [5.74, 6) is -0.723. The van der Waals surface area contributed by atoms with Crippen molar-refractivity contribution in [2.75, 3.05) is 27.3 Å². The zero-order valence-electron chi connectivity index (χ0n) is 12.2. The molecule has 0 radical (unpaired) electrons. The second-order valence-corrected chi connectivity index (χ2v) is 4.97. The van der Waals surface area contributed by atoms with Gasteiger partial charge in [-0.1, -0.05) is 6.07 Å². The predicted octanol–water partition coefficient (Wildman–Crippen LogP) is 1.64. The van der Waals surface area contributed by atoms with Gasteiger partial charge in [-0.05, 0) is 25.0 Å². The molecule has 1 heterocycles. The summed E-state index contributed by atoms with van der Waals surface area (Å²) in [6.45, 7) is 0.789. The molecule has 1 aromatic rings. The van der Waals surface area contributed by atoms with Crippen molar-refractivity contribution in [2.45, 2.75) is 12.8 Å². The van der Waals surface area contributed by atoms with Gasteiger partial charge in [0.15, 0.2) is 11.5 Å². The van der Waals surface area contributed by atoms with Crippen LogP contribution in [-0.4, -0.2) is 49.2 Å². The first-order valence-corrected chi connectivity index (χ1v) is 6.81. The van der Waals surface area contributed by atoms with Gasteiger partial charge in [0, 0.05) is 13.1 Å². The quantitative estimate of drug-likeness (QED) is 0.913. The normalized spacial score (nSPS) is 18.2. The number of hydrogen-bond acceptors (Lipinski definition) is 4. The van der Waals surface area contributed by atoms with Gasteiger partial charge in [0.25, 0.3) is 5.91 Å². The fraction of sp³-hybridized carbons (Fsp3) is 0.467. The van der Waals surface area contributed by atoms with E-state index in [0.717, 1.165) is 0 Å². The van der Waals surface area contributed by atoms with Gasteiger partial charge in [-0.15, -0.1) is 0 Å². The molecule has 0 aromatic heterocycles. The van der Waals surface area contributed by atoms with Crippen LogP contribution in [0.5, 0.6) is 11.5 Å². The number of carboxylic acid groups (broad SMARTS) is 1. The molecular weight excluding hydrogens is 274 g/mol. The van der Waals surface area contributed by atoms with Crippen molar-refractivity contribution >= 4 is 11.9 Å². The molecule has 1 saturated heterocycles. The Morgan fingerprint density at radius 3 is 2.67 bits per heavy atom. The second kappa shape index (κ2) is 6.47. The molecule has 0 unspecified atom stereocenters. The topological polar surface area (TPSA) is 76.1 Å². The molecule has 0 saturated carbocycles. The summed E-state index contributed by atoms with van der Waals surface area (Å²) in [7, 11) is 2.98. The third-order valence-corrected chi connectivity index (χ3v) is 3.69. The molecule has 0 bridgehead atoms. The summed E-state index contributed by atoms with van der Waals surface area (Å²) >= 11 is 0. The number of carboxylic acids is 1. The number of benzene rings is 1. The van der Waals surface area contributed by atoms with Crippen molar-refractivity contribution < 1.29 is 24.2 Å². The van der Waals surface area contributed by atoms with E-state index in [1.807, 2.05) is 0 Å². The van der Waals surface area contributed by atoms with E-state index in [1.165, 1.54) is 14.2 Å². The van der Waals surface area contributed by atoms with Crippen molar-refractivity contribution in [3.8, 4) is 11.5 Å². The van der Waals surface area contributed by atoms with E-state index in [4.69, 9.17) is 14.6 Å². The number of piperidine rings is 1. The lowest BCUT2D eigenvalue weighted by atomic mass is 9.97. The molecule has 21 heavy (non-hydrogen) atoms. The molecule has 0 aliphatic carbocycles. The number of rotatable bonds is 4. The van der Waals surface area contributed by atoms with Crippen LogP contribution in [0.2, 0.25) is 0 Å². The van der Waals surface area contributed by atoms with Crippen molar-refractivity contribution in [1.29, 1.82) is 0 Å². The molecule has 1 fully saturated rings. The Morgan fingerprint density at radius 1 is 1.29 bits per heavy atom. The highest BCUT2D eigenvalue weighted by Gasteiger charge is 2.30. The van der Waals surface area contributed by atoms with E-state index >= 15 is 0 Å². The van der Waals surface area contributed by atoms with Crippen LogP contribution >= 0.6 is 0 Å². The summed E-state index contributed by atoms with van der Waals surface area (Å²) in [6.07, 6.45) is 1.29. The highest BCUT2D eigenvalue weighted by atomic mass is 16.5. The number of carbonyl (C=O) groups is 2. The van der Waals surface area contributed by atoms with Gasteiger partial charge < -0.3 is 19.5 Å². The minimum Gasteiger partial charge on any atom is -0.493 e. The molecule has 0 spiro atoms. The summed E-state index contributed by atoms with van der Waals surface area (Å²) in [6, 6.07) is 5.09. The van der Waals surface area contributed by atoms with Crippen molar-refractivity contribution in [3.63, 3.8) is 0 Å². The number of carbonyl (C=O) groups excluding carboxylic acids is 1. The lowest BCUT2D eigenvalue weighted by Crippen LogP contribution is -2.42. The van der Waals surface area contributed by atoms with Crippen LogP contribution < -0.4 is 9.47 Å². The second-order valence-electron chi connectivity index (χ2n) is 4.97. The minimum atomic E-state index is -0.856. The summed E-state index contributed by atoms with van der Waals surface area (Å²) in [5.41, 5.74) is 0.392. The minimum absolute atomic E-state index is 0.225. The molecule has 2 rings (SSSR count). The third-order valence-electron chi connectivity index (χ3n) is 3.69. The van der Waals surface area contributed by atoms with E-state index in [0.29, 0.717) is 36.4 Å². The zero-order valence-corrected chi connectivity index (χ0v) is 12.2. The number of methoxy groups -OCH3 is 2. The smallest absolute Gasteiger partial charge is 0.308 e. The summed E-state index contributed by atoms with van der Waals surface area (Å²) in [5, 5.41) is 9.11.